The molecule has 0 aromatic rings. The first kappa shape index (κ1) is 34.6. The fourth-order valence-corrected chi connectivity index (χ4v) is 7.23. The van der Waals surface area contributed by atoms with Crippen molar-refractivity contribution in [3.63, 3.8) is 0 Å². The fourth-order valence-electron chi connectivity index (χ4n) is 3.07. The predicted octanol–water partition coefficient (Wildman–Crippen LogP) is 8.48. The van der Waals surface area contributed by atoms with Crippen molar-refractivity contribution < 1.29 is 19.1 Å². The molecular weight excluding hydrogens is 519 g/mol. The molecule has 0 N–H and O–H groups in total. The third-order valence-electron chi connectivity index (χ3n) is 5.25. The van der Waals surface area contributed by atoms with Crippen molar-refractivity contribution in [3.05, 3.63) is 12.2 Å². The van der Waals surface area contributed by atoms with E-state index in [1.165, 1.54) is 77.0 Å². The Labute approximate surface area is 216 Å². The summed E-state index contributed by atoms with van der Waals surface area (Å²) in [7, 11) is 0. The van der Waals surface area contributed by atoms with Gasteiger partial charge in [0.2, 0.25) is 0 Å². The summed E-state index contributed by atoms with van der Waals surface area (Å²) in [5.74, 6) is -0.944. The number of rotatable bonds is 22. The second-order valence-corrected chi connectivity index (χ2v) is 12.9. The molecular formula is C28H54O4Sn. The van der Waals surface area contributed by atoms with Crippen molar-refractivity contribution in [2.45, 2.75) is 139 Å². The first-order valence-corrected chi connectivity index (χ1v) is 17.9. The standard InChI is InChI=1S/C20H36O4.2C4H9.Sn/c1-3-5-7-9-11-13-17-23-19(21)15-16-20(22)24-18-14-12-10-8-6-4-2;2*1-3-4-2;/h15-16H,3-14,17-18H2,1-2H3;2*1,3-4H2,2H3;/b16-15-;;;. The van der Waals surface area contributed by atoms with Gasteiger partial charge in [0.1, 0.15) is 0 Å². The van der Waals surface area contributed by atoms with Crippen LogP contribution in [0, 0.1) is 0 Å². The molecule has 0 saturated carbocycles. The summed E-state index contributed by atoms with van der Waals surface area (Å²) >= 11 is 0.149. The van der Waals surface area contributed by atoms with E-state index in [0.717, 1.165) is 37.8 Å². The molecule has 0 aromatic heterocycles. The summed E-state index contributed by atoms with van der Waals surface area (Å²) in [5, 5.41) is 0. The summed E-state index contributed by atoms with van der Waals surface area (Å²) in [5.41, 5.74) is 0. The van der Waals surface area contributed by atoms with Gasteiger partial charge in [-0.1, -0.05) is 78.1 Å². The van der Waals surface area contributed by atoms with E-state index in [2.05, 4.69) is 27.7 Å². The molecule has 0 aliphatic carbocycles. The monoisotopic (exact) mass is 574 g/mol. The quantitative estimate of drug-likeness (QED) is 0.0564. The predicted molar refractivity (Wildman–Crippen MR) is 143 cm³/mol. The summed E-state index contributed by atoms with van der Waals surface area (Å²) in [6, 6.07) is 0. The summed E-state index contributed by atoms with van der Waals surface area (Å²) < 4.78 is 13.3. The van der Waals surface area contributed by atoms with E-state index in [1.807, 2.05) is 0 Å². The van der Waals surface area contributed by atoms with Crippen LogP contribution in [-0.4, -0.2) is 46.3 Å². The number of carbonyl (C=O) groups excluding carboxylic acids is 2. The maximum atomic E-state index is 11.4. The van der Waals surface area contributed by atoms with Gasteiger partial charge in [-0.2, -0.15) is 0 Å². The van der Waals surface area contributed by atoms with Crippen molar-refractivity contribution in [3.8, 4) is 0 Å². The molecule has 0 aliphatic rings. The molecule has 4 nitrogen and oxygen atoms in total. The Hall–Kier alpha value is -0.521. The SMILES string of the molecule is CCCCCCCCOC(=O)/C=C\C(=O)OCCCCCCCC.CCC[CH2][Sn][CH2]CCC. The van der Waals surface area contributed by atoms with Crippen LogP contribution in [0.4, 0.5) is 0 Å². The first-order valence-electron chi connectivity index (χ1n) is 13.8. The molecule has 0 fully saturated rings. The van der Waals surface area contributed by atoms with Crippen LogP contribution in [-0.2, 0) is 19.1 Å². The second-order valence-electron chi connectivity index (χ2n) is 8.66. The maximum absolute atomic E-state index is 11.4. The van der Waals surface area contributed by atoms with E-state index >= 15 is 0 Å². The average molecular weight is 573 g/mol. The second kappa shape index (κ2) is 31.5. The van der Waals surface area contributed by atoms with Crippen LogP contribution in [0.5, 0.6) is 0 Å². The minimum absolute atomic E-state index is 0.149. The number of esters is 2. The molecule has 0 unspecified atom stereocenters. The molecule has 0 saturated heterocycles. The van der Waals surface area contributed by atoms with Crippen LogP contribution in [0.25, 0.3) is 0 Å². The molecule has 0 aliphatic heterocycles. The van der Waals surface area contributed by atoms with Crippen LogP contribution in [0.3, 0.4) is 0 Å². The molecule has 0 rings (SSSR count). The van der Waals surface area contributed by atoms with Crippen molar-refractivity contribution in [2.24, 2.45) is 0 Å². The Morgan fingerprint density at radius 1 is 0.515 bits per heavy atom. The molecule has 5 heteroatoms. The van der Waals surface area contributed by atoms with E-state index in [-0.39, 0.29) is 21.1 Å². The molecule has 0 heterocycles. The summed E-state index contributed by atoms with van der Waals surface area (Å²) in [6.45, 7) is 9.79. The van der Waals surface area contributed by atoms with Gasteiger partial charge in [-0.15, -0.1) is 0 Å². The molecule has 194 valence electrons. The van der Waals surface area contributed by atoms with Crippen LogP contribution in [0.2, 0.25) is 8.87 Å². The first-order chi connectivity index (χ1) is 16.1. The van der Waals surface area contributed by atoms with Gasteiger partial charge in [0.05, 0.1) is 13.2 Å². The zero-order valence-electron chi connectivity index (χ0n) is 22.4. The summed E-state index contributed by atoms with van der Waals surface area (Å²) in [6.07, 6.45) is 21.9. The van der Waals surface area contributed by atoms with Crippen LogP contribution in [0.15, 0.2) is 12.2 Å². The van der Waals surface area contributed by atoms with Gasteiger partial charge in [0.15, 0.2) is 0 Å². The Morgan fingerprint density at radius 3 is 1.21 bits per heavy atom. The minimum atomic E-state index is -0.472. The van der Waals surface area contributed by atoms with Crippen LogP contribution < -0.4 is 0 Å². The van der Waals surface area contributed by atoms with Gasteiger partial charge in [0, 0.05) is 12.2 Å². The van der Waals surface area contributed by atoms with E-state index in [9.17, 15) is 9.59 Å². The zero-order valence-corrected chi connectivity index (χ0v) is 25.3. The van der Waals surface area contributed by atoms with Gasteiger partial charge in [-0.3, -0.25) is 0 Å². The zero-order chi connectivity index (χ0) is 24.8. The van der Waals surface area contributed by atoms with Gasteiger partial charge in [-0.05, 0) is 12.8 Å². The van der Waals surface area contributed by atoms with E-state index < -0.39 is 11.9 Å². The van der Waals surface area contributed by atoms with Gasteiger partial charge in [0.25, 0.3) is 0 Å². The van der Waals surface area contributed by atoms with Gasteiger partial charge < -0.3 is 9.47 Å². The van der Waals surface area contributed by atoms with E-state index in [0.29, 0.717) is 13.2 Å². The number of ether oxygens (including phenoxy) is 2. The third-order valence-corrected chi connectivity index (χ3v) is 9.29. The number of carbonyl (C=O) groups is 2. The van der Waals surface area contributed by atoms with Crippen LogP contribution in [0.1, 0.15) is 130 Å². The normalized spacial score (nSPS) is 10.7. The summed E-state index contributed by atoms with van der Waals surface area (Å²) in [4.78, 5) is 22.9. The van der Waals surface area contributed by atoms with E-state index in [4.69, 9.17) is 9.47 Å². The van der Waals surface area contributed by atoms with Crippen molar-refractivity contribution in [1.29, 1.82) is 0 Å². The molecule has 33 heavy (non-hydrogen) atoms. The average Bonchev–Trinajstić information content (AvgIpc) is 2.82. The van der Waals surface area contributed by atoms with Crippen molar-refractivity contribution in [2.75, 3.05) is 13.2 Å². The number of unbranched alkanes of at least 4 members (excludes halogenated alkanes) is 12. The molecule has 0 bridgehead atoms. The molecule has 2 radical (unpaired) electrons. The van der Waals surface area contributed by atoms with Crippen molar-refractivity contribution in [1.82, 2.24) is 0 Å². The van der Waals surface area contributed by atoms with Gasteiger partial charge >= 0.3 is 81.5 Å². The molecule has 0 spiro atoms. The fraction of sp³-hybridized carbons (Fsp3) is 0.857. The number of hydrogen-bond donors (Lipinski definition) is 0. The van der Waals surface area contributed by atoms with Crippen molar-refractivity contribution >= 4 is 33.1 Å². The Morgan fingerprint density at radius 2 is 0.848 bits per heavy atom. The Kier molecular flexibility index (Phi) is 33.0. The molecule has 0 amide bonds. The Bertz CT molecular complexity index is 400. The molecule has 0 atom stereocenters. The van der Waals surface area contributed by atoms with E-state index in [1.54, 1.807) is 8.87 Å². The van der Waals surface area contributed by atoms with Gasteiger partial charge in [-0.25, -0.2) is 9.59 Å². The number of hydrogen-bond acceptors (Lipinski definition) is 4. The third kappa shape index (κ3) is 33.7. The Balaban J connectivity index is 0. The molecule has 0 aromatic carbocycles. The van der Waals surface area contributed by atoms with Crippen LogP contribution >= 0.6 is 0 Å². The topological polar surface area (TPSA) is 52.6 Å².